The number of ether oxygens (including phenoxy) is 1. The van der Waals surface area contributed by atoms with E-state index < -0.39 is 17.4 Å². The molecule has 0 bridgehead atoms. The van der Waals surface area contributed by atoms with Crippen LogP contribution >= 0.6 is 0 Å². The molecule has 0 radical (unpaired) electrons. The van der Waals surface area contributed by atoms with Gasteiger partial charge in [0, 0.05) is 18.5 Å². The lowest BCUT2D eigenvalue weighted by atomic mass is 10.0. The van der Waals surface area contributed by atoms with Crippen LogP contribution < -0.4 is 5.32 Å². The number of hydrogen-bond donors (Lipinski definition) is 2. The van der Waals surface area contributed by atoms with Crippen LogP contribution in [0.15, 0.2) is 36.4 Å². The van der Waals surface area contributed by atoms with Gasteiger partial charge in [-0.1, -0.05) is 30.3 Å². The fraction of sp³-hybridized carbons (Fsp3) is 0.400. The Hall–Kier alpha value is -2.60. The number of methoxy groups -OCH3 is 1. The number of benzene rings is 1. The van der Waals surface area contributed by atoms with Gasteiger partial charge in [0.05, 0.1) is 18.2 Å². The van der Waals surface area contributed by atoms with E-state index >= 15 is 0 Å². The van der Waals surface area contributed by atoms with Gasteiger partial charge in [0.1, 0.15) is 0 Å². The number of aliphatic carboxylic acids is 1. The Morgan fingerprint density at radius 3 is 2.42 bits per heavy atom. The van der Waals surface area contributed by atoms with Gasteiger partial charge in [-0.25, -0.2) is 4.79 Å². The molecule has 0 fully saturated rings. The Morgan fingerprint density at radius 2 is 1.88 bits per heavy atom. The van der Waals surface area contributed by atoms with E-state index in [4.69, 9.17) is 4.74 Å². The third-order valence-electron chi connectivity index (χ3n) is 4.69. The van der Waals surface area contributed by atoms with Crippen LogP contribution in [0.3, 0.4) is 0 Å². The zero-order chi connectivity index (χ0) is 19.5. The van der Waals surface area contributed by atoms with Crippen molar-refractivity contribution in [3.63, 3.8) is 0 Å². The SMILES string of the molecule is COCC(C)(NC(=O)c1cc(C)n(C(C)c2ccccc2)c1C)C(=O)O. The van der Waals surface area contributed by atoms with Crippen molar-refractivity contribution in [3.8, 4) is 0 Å². The maximum Gasteiger partial charge on any atom is 0.331 e. The molecule has 2 aromatic rings. The van der Waals surface area contributed by atoms with Crippen LogP contribution in [0.4, 0.5) is 0 Å². The molecule has 1 aromatic carbocycles. The molecule has 2 atom stereocenters. The average molecular weight is 358 g/mol. The Labute approximate surface area is 153 Å². The second-order valence-electron chi connectivity index (χ2n) is 6.77. The molecule has 2 unspecified atom stereocenters. The van der Waals surface area contributed by atoms with Crippen LogP contribution in [0.25, 0.3) is 0 Å². The van der Waals surface area contributed by atoms with E-state index in [-0.39, 0.29) is 12.6 Å². The largest absolute Gasteiger partial charge is 0.479 e. The second kappa shape index (κ2) is 7.74. The summed E-state index contributed by atoms with van der Waals surface area (Å²) in [6, 6.07) is 11.9. The van der Waals surface area contributed by atoms with Crippen LogP contribution in [-0.4, -0.2) is 40.8 Å². The van der Waals surface area contributed by atoms with Gasteiger partial charge in [-0.2, -0.15) is 0 Å². The summed E-state index contributed by atoms with van der Waals surface area (Å²) < 4.78 is 7.04. The fourth-order valence-corrected chi connectivity index (χ4v) is 3.24. The summed E-state index contributed by atoms with van der Waals surface area (Å²) in [4.78, 5) is 24.3. The number of hydrogen-bond acceptors (Lipinski definition) is 3. The van der Waals surface area contributed by atoms with Crippen molar-refractivity contribution in [1.29, 1.82) is 0 Å². The first-order chi connectivity index (χ1) is 12.2. The minimum absolute atomic E-state index is 0.0579. The number of carbonyl (C=O) groups excluding carboxylic acids is 1. The molecular formula is C20H26N2O4. The van der Waals surface area contributed by atoms with E-state index in [0.29, 0.717) is 5.56 Å². The number of nitrogens with zero attached hydrogens (tertiary/aromatic N) is 1. The highest BCUT2D eigenvalue weighted by molar-refractivity contribution is 5.99. The van der Waals surface area contributed by atoms with Gasteiger partial charge < -0.3 is 19.7 Å². The predicted octanol–water partition coefficient (Wildman–Crippen LogP) is 2.93. The van der Waals surface area contributed by atoms with Crippen LogP contribution in [0.5, 0.6) is 0 Å². The maximum atomic E-state index is 12.7. The van der Waals surface area contributed by atoms with E-state index in [9.17, 15) is 14.7 Å². The number of amides is 1. The average Bonchev–Trinajstić information content (AvgIpc) is 2.89. The second-order valence-corrected chi connectivity index (χ2v) is 6.77. The number of carbonyl (C=O) groups is 2. The molecule has 0 saturated heterocycles. The van der Waals surface area contributed by atoms with E-state index in [2.05, 4.69) is 16.8 Å². The summed E-state index contributed by atoms with van der Waals surface area (Å²) in [6.07, 6.45) is 0. The zero-order valence-electron chi connectivity index (χ0n) is 15.9. The van der Waals surface area contributed by atoms with Crippen molar-refractivity contribution in [1.82, 2.24) is 9.88 Å². The number of aryl methyl sites for hydroxylation is 1. The van der Waals surface area contributed by atoms with E-state index in [1.807, 2.05) is 44.2 Å². The monoisotopic (exact) mass is 358 g/mol. The third kappa shape index (κ3) is 3.80. The predicted molar refractivity (Wildman–Crippen MR) is 99.5 cm³/mol. The number of carboxylic acids is 1. The maximum absolute atomic E-state index is 12.7. The van der Waals surface area contributed by atoms with Gasteiger partial charge >= 0.3 is 5.97 Å². The van der Waals surface area contributed by atoms with Crippen molar-refractivity contribution >= 4 is 11.9 Å². The van der Waals surface area contributed by atoms with Crippen molar-refractivity contribution in [2.75, 3.05) is 13.7 Å². The van der Waals surface area contributed by atoms with E-state index in [1.54, 1.807) is 6.07 Å². The molecule has 1 heterocycles. The molecule has 6 nitrogen and oxygen atoms in total. The molecule has 6 heteroatoms. The summed E-state index contributed by atoms with van der Waals surface area (Å²) in [6.45, 7) is 7.20. The molecule has 0 aliphatic carbocycles. The summed E-state index contributed by atoms with van der Waals surface area (Å²) in [5.41, 5.74) is 1.85. The molecule has 140 valence electrons. The number of nitrogens with one attached hydrogen (secondary N) is 1. The van der Waals surface area contributed by atoms with Crippen molar-refractivity contribution < 1.29 is 19.4 Å². The van der Waals surface area contributed by atoms with Gasteiger partial charge in [0.25, 0.3) is 5.91 Å². The van der Waals surface area contributed by atoms with Gasteiger partial charge in [-0.05, 0) is 39.3 Å². The van der Waals surface area contributed by atoms with Crippen LogP contribution in [0.2, 0.25) is 0 Å². The van der Waals surface area contributed by atoms with E-state index in [0.717, 1.165) is 17.0 Å². The molecule has 0 aliphatic rings. The highest BCUT2D eigenvalue weighted by Gasteiger charge is 2.36. The molecule has 0 spiro atoms. The minimum Gasteiger partial charge on any atom is -0.479 e. The van der Waals surface area contributed by atoms with E-state index in [1.165, 1.54) is 14.0 Å². The lowest BCUT2D eigenvalue weighted by molar-refractivity contribution is -0.145. The summed E-state index contributed by atoms with van der Waals surface area (Å²) in [5.74, 6) is -1.56. The number of carboxylic acid groups (broad SMARTS) is 1. The lowest BCUT2D eigenvalue weighted by Gasteiger charge is -2.25. The fourth-order valence-electron chi connectivity index (χ4n) is 3.24. The first-order valence-electron chi connectivity index (χ1n) is 8.49. The van der Waals surface area contributed by atoms with Crippen LogP contribution in [-0.2, 0) is 9.53 Å². The molecule has 2 rings (SSSR count). The molecule has 0 aliphatic heterocycles. The molecular weight excluding hydrogens is 332 g/mol. The minimum atomic E-state index is -1.49. The van der Waals surface area contributed by atoms with Gasteiger partial charge in [-0.15, -0.1) is 0 Å². The molecule has 26 heavy (non-hydrogen) atoms. The Morgan fingerprint density at radius 1 is 1.27 bits per heavy atom. The van der Waals surface area contributed by atoms with Crippen LogP contribution in [0.1, 0.15) is 47.2 Å². The molecule has 2 N–H and O–H groups in total. The third-order valence-corrected chi connectivity index (χ3v) is 4.69. The Bertz CT molecular complexity index is 798. The first-order valence-corrected chi connectivity index (χ1v) is 8.49. The highest BCUT2D eigenvalue weighted by atomic mass is 16.5. The highest BCUT2D eigenvalue weighted by Crippen LogP contribution is 2.25. The Balaban J connectivity index is 2.35. The van der Waals surface area contributed by atoms with Crippen molar-refractivity contribution in [2.45, 2.75) is 39.3 Å². The lowest BCUT2D eigenvalue weighted by Crippen LogP contribution is -2.55. The summed E-state index contributed by atoms with van der Waals surface area (Å²) in [7, 11) is 1.40. The number of rotatable bonds is 7. The van der Waals surface area contributed by atoms with Gasteiger partial charge in [-0.3, -0.25) is 4.79 Å². The number of aromatic nitrogens is 1. The first kappa shape index (κ1) is 19.7. The van der Waals surface area contributed by atoms with Crippen molar-refractivity contribution in [3.05, 3.63) is 58.9 Å². The zero-order valence-corrected chi connectivity index (χ0v) is 15.9. The standard InChI is InChI=1S/C20H26N2O4/c1-13-11-17(18(23)21-20(4,12-26-5)19(24)25)15(3)22(13)14(2)16-9-7-6-8-10-16/h6-11,14H,12H2,1-5H3,(H,21,23)(H,24,25). The van der Waals surface area contributed by atoms with Gasteiger partial charge in [0.2, 0.25) is 0 Å². The van der Waals surface area contributed by atoms with Crippen LogP contribution in [0, 0.1) is 13.8 Å². The summed E-state index contributed by atoms with van der Waals surface area (Å²) >= 11 is 0. The molecule has 0 saturated carbocycles. The topological polar surface area (TPSA) is 80.6 Å². The molecule has 1 amide bonds. The smallest absolute Gasteiger partial charge is 0.331 e. The van der Waals surface area contributed by atoms with Crippen molar-refractivity contribution in [2.24, 2.45) is 0 Å². The van der Waals surface area contributed by atoms with Gasteiger partial charge in [0.15, 0.2) is 5.54 Å². The normalized spacial score (nSPS) is 14.5. The summed E-state index contributed by atoms with van der Waals surface area (Å²) in [5, 5.41) is 12.0. The molecule has 1 aromatic heterocycles. The quantitative estimate of drug-likeness (QED) is 0.797. The Kier molecular flexibility index (Phi) is 5.87.